The molecule has 3 nitrogen and oxygen atoms in total. The minimum atomic E-state index is -0.488. The molecule has 1 unspecified atom stereocenters. The lowest BCUT2D eigenvalue weighted by Crippen LogP contribution is -2.20. The summed E-state index contributed by atoms with van der Waals surface area (Å²) in [5.41, 5.74) is 3.00. The van der Waals surface area contributed by atoms with E-state index in [4.69, 9.17) is 9.72 Å². The first-order chi connectivity index (χ1) is 9.84. The van der Waals surface area contributed by atoms with E-state index in [1.807, 2.05) is 25.1 Å². The molecule has 1 N–H and O–H groups in total. The molecule has 1 aliphatic heterocycles. The van der Waals surface area contributed by atoms with Gasteiger partial charge in [0.05, 0.1) is 16.8 Å². The van der Waals surface area contributed by atoms with Crippen molar-refractivity contribution in [1.82, 2.24) is 4.98 Å². The average Bonchev–Trinajstić information content (AvgIpc) is 2.89. The van der Waals surface area contributed by atoms with Crippen molar-refractivity contribution in [1.29, 1.82) is 0 Å². The van der Waals surface area contributed by atoms with Gasteiger partial charge in [-0.2, -0.15) is 0 Å². The minimum absolute atomic E-state index is 0.0468. The number of aromatic nitrogens is 1. The number of aliphatic hydroxyl groups is 1. The number of ether oxygens (including phenoxy) is 1. The summed E-state index contributed by atoms with van der Waals surface area (Å²) in [6, 6.07) is 5.95. The molecule has 1 aliphatic rings. The molecule has 2 atom stereocenters. The molecule has 3 rings (SSSR count). The van der Waals surface area contributed by atoms with Crippen LogP contribution in [-0.4, -0.2) is 10.1 Å². The summed E-state index contributed by atoms with van der Waals surface area (Å²) in [5.74, 6) is 0.773. The summed E-state index contributed by atoms with van der Waals surface area (Å²) in [6.45, 7) is 8.49. The minimum Gasteiger partial charge on any atom is -0.484 e. The summed E-state index contributed by atoms with van der Waals surface area (Å²) in [6.07, 6.45) is -0.0926. The molecular weight excluding hydrogens is 282 g/mol. The van der Waals surface area contributed by atoms with Crippen LogP contribution in [0.3, 0.4) is 0 Å². The van der Waals surface area contributed by atoms with Gasteiger partial charge in [-0.25, -0.2) is 4.98 Å². The molecule has 0 radical (unpaired) electrons. The lowest BCUT2D eigenvalue weighted by Gasteiger charge is -2.29. The summed E-state index contributed by atoms with van der Waals surface area (Å²) >= 11 is 1.66. The van der Waals surface area contributed by atoms with Crippen molar-refractivity contribution in [2.75, 3.05) is 0 Å². The van der Waals surface area contributed by atoms with Crippen molar-refractivity contribution in [2.45, 2.75) is 51.7 Å². The van der Waals surface area contributed by atoms with Crippen molar-refractivity contribution in [3.63, 3.8) is 0 Å². The second-order valence-corrected chi connectivity index (χ2v) is 7.58. The Morgan fingerprint density at radius 1 is 1.33 bits per heavy atom. The highest BCUT2D eigenvalue weighted by molar-refractivity contribution is 7.09. The lowest BCUT2D eigenvalue weighted by molar-refractivity contribution is 0.0638. The molecule has 0 bridgehead atoms. The third-order valence-electron chi connectivity index (χ3n) is 3.72. The Bertz CT molecular complexity index is 657. The third kappa shape index (κ3) is 2.83. The predicted octanol–water partition coefficient (Wildman–Crippen LogP) is 4.31. The Morgan fingerprint density at radius 2 is 2.10 bits per heavy atom. The molecule has 2 heterocycles. The molecule has 2 aromatic rings. The molecule has 0 saturated heterocycles. The molecule has 4 heteroatoms. The molecule has 1 aromatic carbocycles. The van der Waals surface area contributed by atoms with Crippen LogP contribution in [0.15, 0.2) is 23.6 Å². The molecule has 0 fully saturated rings. The number of aryl methyl sites for hydroxylation is 1. The van der Waals surface area contributed by atoms with Crippen LogP contribution in [0, 0.1) is 6.92 Å². The fourth-order valence-electron chi connectivity index (χ4n) is 2.53. The molecular formula is C17H21NO2S. The molecule has 0 saturated carbocycles. The van der Waals surface area contributed by atoms with E-state index in [-0.39, 0.29) is 11.5 Å². The standard InChI is InChI=1S/C17H21NO2S/c1-10-5-6-14-11(7-10)13(19)8-15(20-14)12-9-21-16(18-12)17(2,3)4/h5-7,9,13,15,19H,8H2,1-4H3/t13-,15?/m1/s1. The number of benzene rings is 1. The maximum atomic E-state index is 10.4. The number of thiazole rings is 1. The summed E-state index contributed by atoms with van der Waals surface area (Å²) in [4.78, 5) is 4.71. The number of aliphatic hydroxyl groups excluding tert-OH is 1. The van der Waals surface area contributed by atoms with Gasteiger partial charge in [0.15, 0.2) is 0 Å². The van der Waals surface area contributed by atoms with Crippen LogP contribution in [0.5, 0.6) is 5.75 Å². The molecule has 21 heavy (non-hydrogen) atoms. The van der Waals surface area contributed by atoms with Gasteiger partial charge < -0.3 is 9.84 Å². The number of rotatable bonds is 1. The van der Waals surface area contributed by atoms with Crippen molar-refractivity contribution in [3.05, 3.63) is 45.4 Å². The highest BCUT2D eigenvalue weighted by atomic mass is 32.1. The largest absolute Gasteiger partial charge is 0.484 e. The Morgan fingerprint density at radius 3 is 2.76 bits per heavy atom. The fraction of sp³-hybridized carbons (Fsp3) is 0.471. The van der Waals surface area contributed by atoms with Crippen LogP contribution in [0.1, 0.15) is 61.2 Å². The quantitative estimate of drug-likeness (QED) is 0.853. The summed E-state index contributed by atoms with van der Waals surface area (Å²) < 4.78 is 6.05. The Labute approximate surface area is 129 Å². The maximum absolute atomic E-state index is 10.4. The Kier molecular flexibility index (Phi) is 3.54. The van der Waals surface area contributed by atoms with Gasteiger partial charge in [0.1, 0.15) is 11.9 Å². The Balaban J connectivity index is 1.89. The topological polar surface area (TPSA) is 42.4 Å². The molecule has 112 valence electrons. The molecule has 0 aliphatic carbocycles. The normalized spacial score (nSPS) is 21.8. The molecule has 1 aromatic heterocycles. The van der Waals surface area contributed by atoms with E-state index in [1.54, 1.807) is 11.3 Å². The monoisotopic (exact) mass is 303 g/mol. The van der Waals surface area contributed by atoms with Crippen LogP contribution in [0.2, 0.25) is 0 Å². The average molecular weight is 303 g/mol. The van der Waals surface area contributed by atoms with E-state index in [0.29, 0.717) is 6.42 Å². The van der Waals surface area contributed by atoms with Crippen molar-refractivity contribution >= 4 is 11.3 Å². The van der Waals surface area contributed by atoms with Crippen LogP contribution >= 0.6 is 11.3 Å². The maximum Gasteiger partial charge on any atom is 0.144 e. The van der Waals surface area contributed by atoms with Gasteiger partial charge in [0, 0.05) is 22.8 Å². The second kappa shape index (κ2) is 5.11. The van der Waals surface area contributed by atoms with E-state index in [1.165, 1.54) is 0 Å². The van der Waals surface area contributed by atoms with E-state index in [9.17, 15) is 5.11 Å². The predicted molar refractivity (Wildman–Crippen MR) is 84.9 cm³/mol. The van der Waals surface area contributed by atoms with Crippen molar-refractivity contribution in [3.8, 4) is 5.75 Å². The van der Waals surface area contributed by atoms with Crippen LogP contribution < -0.4 is 4.74 Å². The number of nitrogens with zero attached hydrogens (tertiary/aromatic N) is 1. The van der Waals surface area contributed by atoms with Gasteiger partial charge in [0.2, 0.25) is 0 Å². The van der Waals surface area contributed by atoms with Crippen LogP contribution in [0.4, 0.5) is 0 Å². The zero-order valence-electron chi connectivity index (χ0n) is 12.9. The van der Waals surface area contributed by atoms with E-state index in [0.717, 1.165) is 27.6 Å². The van der Waals surface area contributed by atoms with Gasteiger partial charge in [-0.15, -0.1) is 11.3 Å². The number of hydrogen-bond acceptors (Lipinski definition) is 4. The smallest absolute Gasteiger partial charge is 0.144 e. The molecule has 0 spiro atoms. The fourth-order valence-corrected chi connectivity index (χ4v) is 3.47. The van der Waals surface area contributed by atoms with Gasteiger partial charge in [-0.1, -0.05) is 32.4 Å². The first kappa shape index (κ1) is 14.5. The first-order valence-corrected chi connectivity index (χ1v) is 8.14. The van der Waals surface area contributed by atoms with Crippen LogP contribution in [-0.2, 0) is 5.41 Å². The van der Waals surface area contributed by atoms with Crippen molar-refractivity contribution < 1.29 is 9.84 Å². The van der Waals surface area contributed by atoms with Gasteiger partial charge >= 0.3 is 0 Å². The van der Waals surface area contributed by atoms with Gasteiger partial charge in [-0.05, 0) is 19.1 Å². The van der Waals surface area contributed by atoms with E-state index >= 15 is 0 Å². The lowest BCUT2D eigenvalue weighted by atomic mass is 9.96. The third-order valence-corrected chi connectivity index (χ3v) is 5.01. The Hall–Kier alpha value is -1.39. The SMILES string of the molecule is Cc1ccc2c(c1)[C@H](O)CC(c1csc(C(C)(C)C)n1)O2. The highest BCUT2D eigenvalue weighted by Crippen LogP contribution is 2.41. The molecule has 0 amide bonds. The van der Waals surface area contributed by atoms with Gasteiger partial charge in [-0.3, -0.25) is 0 Å². The van der Waals surface area contributed by atoms with Crippen molar-refractivity contribution in [2.24, 2.45) is 0 Å². The number of hydrogen-bond donors (Lipinski definition) is 1. The van der Waals surface area contributed by atoms with Crippen LogP contribution in [0.25, 0.3) is 0 Å². The summed E-state index contributed by atoms with van der Waals surface area (Å²) in [5, 5.41) is 13.5. The zero-order valence-corrected chi connectivity index (χ0v) is 13.7. The first-order valence-electron chi connectivity index (χ1n) is 7.26. The van der Waals surface area contributed by atoms with E-state index < -0.39 is 6.10 Å². The van der Waals surface area contributed by atoms with Gasteiger partial charge in [0.25, 0.3) is 0 Å². The summed E-state index contributed by atoms with van der Waals surface area (Å²) in [7, 11) is 0. The highest BCUT2D eigenvalue weighted by Gasteiger charge is 2.30. The zero-order chi connectivity index (χ0) is 15.2. The number of fused-ring (bicyclic) bond motifs is 1. The van der Waals surface area contributed by atoms with E-state index in [2.05, 4.69) is 26.2 Å². The second-order valence-electron chi connectivity index (χ2n) is 6.73.